The molecule has 1 amide bonds. The Kier molecular flexibility index (Phi) is 3.83. The molecule has 0 radical (unpaired) electrons. The summed E-state index contributed by atoms with van der Waals surface area (Å²) in [5, 5.41) is 7.58. The maximum atomic E-state index is 12.2. The van der Waals surface area contributed by atoms with Crippen molar-refractivity contribution in [3.8, 4) is 0 Å². The number of primary sulfonamides is 1. The molecule has 8 heteroatoms. The number of hydrogen-bond acceptors (Lipinski definition) is 5. The first kappa shape index (κ1) is 14.8. The molecule has 21 heavy (non-hydrogen) atoms. The van der Waals surface area contributed by atoms with E-state index in [1.165, 1.54) is 36.4 Å². The second-order valence-corrected chi connectivity index (χ2v) is 5.87. The van der Waals surface area contributed by atoms with Gasteiger partial charge in [0.15, 0.2) is 0 Å². The molecular weight excluding hydrogens is 292 g/mol. The predicted molar refractivity (Wildman–Crippen MR) is 81.0 cm³/mol. The molecule has 0 saturated carbocycles. The Morgan fingerprint density at radius 1 is 1.05 bits per heavy atom. The zero-order chi connectivity index (χ0) is 15.6. The number of benzene rings is 2. The van der Waals surface area contributed by atoms with Crippen molar-refractivity contribution in [1.82, 2.24) is 0 Å². The van der Waals surface area contributed by atoms with Crippen LogP contribution < -0.4 is 21.9 Å². The molecule has 2 rings (SSSR count). The summed E-state index contributed by atoms with van der Waals surface area (Å²) in [5.41, 5.74) is 12.2. The molecule has 7 nitrogen and oxygen atoms in total. The summed E-state index contributed by atoms with van der Waals surface area (Å²) in [6, 6.07) is 10.3. The molecule has 2 aromatic carbocycles. The monoisotopic (exact) mass is 306 g/mol. The SMILES string of the molecule is Nc1ccc(C(=O)Nc2ccccc2S(N)(=O)=O)c(N)c1. The summed E-state index contributed by atoms with van der Waals surface area (Å²) in [7, 11) is -3.94. The van der Waals surface area contributed by atoms with Crippen LogP contribution in [0.3, 0.4) is 0 Å². The van der Waals surface area contributed by atoms with E-state index in [1.807, 2.05) is 0 Å². The molecule has 0 unspecified atom stereocenters. The summed E-state index contributed by atoms with van der Waals surface area (Å²) >= 11 is 0. The lowest BCUT2D eigenvalue weighted by Crippen LogP contribution is -2.19. The summed E-state index contributed by atoms with van der Waals surface area (Å²) < 4.78 is 22.9. The Morgan fingerprint density at radius 2 is 1.71 bits per heavy atom. The topological polar surface area (TPSA) is 141 Å². The van der Waals surface area contributed by atoms with Crippen molar-refractivity contribution in [2.24, 2.45) is 5.14 Å². The number of amides is 1. The second-order valence-electron chi connectivity index (χ2n) is 4.34. The molecule has 0 aliphatic carbocycles. The summed E-state index contributed by atoms with van der Waals surface area (Å²) in [4.78, 5) is 12.0. The maximum absolute atomic E-state index is 12.2. The Morgan fingerprint density at radius 3 is 2.33 bits per heavy atom. The maximum Gasteiger partial charge on any atom is 0.257 e. The van der Waals surface area contributed by atoms with Crippen LogP contribution in [0.25, 0.3) is 0 Å². The quantitative estimate of drug-likeness (QED) is 0.619. The van der Waals surface area contributed by atoms with Gasteiger partial charge in [0.05, 0.1) is 11.3 Å². The minimum absolute atomic E-state index is 0.0845. The average Bonchev–Trinajstić information content (AvgIpc) is 2.37. The van der Waals surface area contributed by atoms with E-state index >= 15 is 0 Å². The highest BCUT2D eigenvalue weighted by Gasteiger charge is 2.17. The van der Waals surface area contributed by atoms with Crippen molar-refractivity contribution in [2.45, 2.75) is 4.90 Å². The van der Waals surface area contributed by atoms with Crippen molar-refractivity contribution in [1.29, 1.82) is 0 Å². The van der Waals surface area contributed by atoms with Crippen molar-refractivity contribution in [3.63, 3.8) is 0 Å². The van der Waals surface area contributed by atoms with Gasteiger partial charge >= 0.3 is 0 Å². The van der Waals surface area contributed by atoms with Gasteiger partial charge in [-0.15, -0.1) is 0 Å². The van der Waals surface area contributed by atoms with Crippen LogP contribution >= 0.6 is 0 Å². The number of carbonyl (C=O) groups excluding carboxylic acids is 1. The summed E-state index contributed by atoms with van der Waals surface area (Å²) in [6.07, 6.45) is 0. The fourth-order valence-corrected chi connectivity index (χ4v) is 2.49. The van der Waals surface area contributed by atoms with Crippen LogP contribution in [0.2, 0.25) is 0 Å². The van der Waals surface area contributed by atoms with Gasteiger partial charge in [0, 0.05) is 11.4 Å². The van der Waals surface area contributed by atoms with Crippen LogP contribution in [0, 0.1) is 0 Å². The first-order valence-corrected chi connectivity index (χ1v) is 7.42. The molecule has 110 valence electrons. The number of rotatable bonds is 3. The standard InChI is InChI=1S/C13H14N4O3S/c14-8-5-6-9(10(15)7-8)13(18)17-11-3-1-2-4-12(11)21(16,19)20/h1-7H,14-15H2,(H,17,18)(H2,16,19,20). The van der Waals surface area contributed by atoms with Gasteiger partial charge < -0.3 is 16.8 Å². The fraction of sp³-hybridized carbons (Fsp3) is 0. The zero-order valence-corrected chi connectivity index (χ0v) is 11.7. The Balaban J connectivity index is 2.37. The van der Waals surface area contributed by atoms with E-state index in [0.29, 0.717) is 5.69 Å². The largest absolute Gasteiger partial charge is 0.399 e. The molecule has 0 saturated heterocycles. The lowest BCUT2D eigenvalue weighted by atomic mass is 10.1. The van der Waals surface area contributed by atoms with Gasteiger partial charge in [0.1, 0.15) is 4.90 Å². The number of para-hydroxylation sites is 1. The van der Waals surface area contributed by atoms with Gasteiger partial charge in [0.2, 0.25) is 10.0 Å². The summed E-state index contributed by atoms with van der Waals surface area (Å²) in [5.74, 6) is -0.552. The number of hydrogen-bond donors (Lipinski definition) is 4. The van der Waals surface area contributed by atoms with Crippen LogP contribution in [0.4, 0.5) is 17.1 Å². The van der Waals surface area contributed by atoms with Crippen LogP contribution in [0.15, 0.2) is 47.4 Å². The highest BCUT2D eigenvalue weighted by atomic mass is 32.2. The molecule has 0 heterocycles. The van der Waals surface area contributed by atoms with Crippen molar-refractivity contribution >= 4 is 33.0 Å². The molecular formula is C13H14N4O3S. The third-order valence-corrected chi connectivity index (χ3v) is 3.73. The van der Waals surface area contributed by atoms with E-state index in [9.17, 15) is 13.2 Å². The minimum atomic E-state index is -3.94. The Labute approximate surface area is 121 Å². The van der Waals surface area contributed by atoms with Crippen LogP contribution in [0.1, 0.15) is 10.4 Å². The highest BCUT2D eigenvalue weighted by molar-refractivity contribution is 7.89. The van der Waals surface area contributed by atoms with Crippen molar-refractivity contribution in [3.05, 3.63) is 48.0 Å². The van der Waals surface area contributed by atoms with Crippen LogP contribution in [-0.4, -0.2) is 14.3 Å². The number of sulfonamides is 1. The molecule has 0 spiro atoms. The number of nitrogens with one attached hydrogen (secondary N) is 1. The lowest BCUT2D eigenvalue weighted by molar-refractivity contribution is 0.102. The van der Waals surface area contributed by atoms with Gasteiger partial charge in [-0.3, -0.25) is 4.79 Å². The van der Waals surface area contributed by atoms with Gasteiger partial charge in [-0.05, 0) is 30.3 Å². The molecule has 0 aliphatic heterocycles. The zero-order valence-electron chi connectivity index (χ0n) is 10.9. The predicted octanol–water partition coefficient (Wildman–Crippen LogP) is 0.751. The van der Waals surface area contributed by atoms with Crippen LogP contribution in [-0.2, 0) is 10.0 Å². The normalized spacial score (nSPS) is 11.1. The average molecular weight is 306 g/mol. The number of anilines is 3. The molecule has 2 aromatic rings. The smallest absolute Gasteiger partial charge is 0.257 e. The number of carbonyl (C=O) groups is 1. The highest BCUT2D eigenvalue weighted by Crippen LogP contribution is 2.22. The first-order chi connectivity index (χ1) is 9.79. The Bertz CT molecular complexity index is 803. The first-order valence-electron chi connectivity index (χ1n) is 5.87. The van der Waals surface area contributed by atoms with E-state index in [-0.39, 0.29) is 21.8 Å². The molecule has 0 bridgehead atoms. The van der Waals surface area contributed by atoms with Gasteiger partial charge in [-0.2, -0.15) is 0 Å². The van der Waals surface area contributed by atoms with Gasteiger partial charge in [0.25, 0.3) is 5.91 Å². The van der Waals surface area contributed by atoms with Crippen molar-refractivity contribution in [2.75, 3.05) is 16.8 Å². The number of nitrogen functional groups attached to an aromatic ring is 2. The van der Waals surface area contributed by atoms with Crippen molar-refractivity contribution < 1.29 is 13.2 Å². The molecule has 0 aliphatic rings. The summed E-state index contributed by atoms with van der Waals surface area (Å²) in [6.45, 7) is 0. The third-order valence-electron chi connectivity index (χ3n) is 2.76. The molecule has 0 atom stereocenters. The van der Waals surface area contributed by atoms with Crippen LogP contribution in [0.5, 0.6) is 0 Å². The lowest BCUT2D eigenvalue weighted by Gasteiger charge is -2.11. The third kappa shape index (κ3) is 3.30. The second kappa shape index (κ2) is 5.43. The number of nitrogens with two attached hydrogens (primary N) is 3. The fourth-order valence-electron chi connectivity index (χ4n) is 1.80. The minimum Gasteiger partial charge on any atom is -0.399 e. The van der Waals surface area contributed by atoms with Gasteiger partial charge in [-0.1, -0.05) is 12.1 Å². The van der Waals surface area contributed by atoms with E-state index in [2.05, 4.69) is 5.32 Å². The van der Waals surface area contributed by atoms with E-state index in [0.717, 1.165) is 0 Å². The Hall–Kier alpha value is -2.58. The van der Waals surface area contributed by atoms with Gasteiger partial charge in [-0.25, -0.2) is 13.6 Å². The van der Waals surface area contributed by atoms with E-state index in [1.54, 1.807) is 6.07 Å². The van der Waals surface area contributed by atoms with E-state index in [4.69, 9.17) is 16.6 Å². The molecule has 7 N–H and O–H groups in total. The van der Waals surface area contributed by atoms with E-state index < -0.39 is 15.9 Å². The molecule has 0 aromatic heterocycles. The molecule has 0 fully saturated rings.